The van der Waals surface area contributed by atoms with Crippen LogP contribution >= 0.6 is 11.6 Å². The van der Waals surface area contributed by atoms with Crippen molar-refractivity contribution in [2.75, 3.05) is 0 Å². The van der Waals surface area contributed by atoms with Crippen LogP contribution in [-0.2, 0) is 4.84 Å². The summed E-state index contributed by atoms with van der Waals surface area (Å²) < 4.78 is 6.20. The number of hydrogen-bond acceptors (Lipinski definition) is 4. The Morgan fingerprint density at radius 1 is 0.967 bits per heavy atom. The molecule has 5 rings (SSSR count). The van der Waals surface area contributed by atoms with Crippen molar-refractivity contribution in [3.05, 3.63) is 101 Å². The highest BCUT2D eigenvalue weighted by Crippen LogP contribution is 2.35. The molecule has 2 heterocycles. The molecule has 0 radical (unpaired) electrons. The van der Waals surface area contributed by atoms with E-state index in [1.807, 2.05) is 67.6 Å². The zero-order chi connectivity index (χ0) is 20.5. The lowest BCUT2D eigenvalue weighted by Crippen LogP contribution is -2.05. The molecule has 0 N–H and O–H groups in total. The Kier molecular flexibility index (Phi) is 4.85. The summed E-state index contributed by atoms with van der Waals surface area (Å²) in [4.78, 5) is 10.5. The summed E-state index contributed by atoms with van der Waals surface area (Å²) in [6.07, 6.45) is 0.540. The fourth-order valence-electron chi connectivity index (χ4n) is 3.56. The quantitative estimate of drug-likeness (QED) is 0.366. The molecule has 0 bridgehead atoms. The van der Waals surface area contributed by atoms with Crippen molar-refractivity contribution >= 4 is 28.2 Å². The smallest absolute Gasteiger partial charge is 0.229 e. The molecule has 148 valence electrons. The zero-order valence-corrected chi connectivity index (χ0v) is 17.1. The molecule has 1 aliphatic rings. The number of benzene rings is 3. The van der Waals surface area contributed by atoms with Crippen LogP contribution in [0.25, 0.3) is 10.9 Å². The van der Waals surface area contributed by atoms with Crippen LogP contribution in [0.2, 0.25) is 5.02 Å². The molecule has 5 heteroatoms. The van der Waals surface area contributed by atoms with Crippen molar-refractivity contribution in [2.45, 2.75) is 19.4 Å². The van der Waals surface area contributed by atoms with Crippen molar-refractivity contribution in [2.24, 2.45) is 5.16 Å². The summed E-state index contributed by atoms with van der Waals surface area (Å²) in [5.41, 5.74) is 4.56. The van der Waals surface area contributed by atoms with E-state index in [1.54, 1.807) is 0 Å². The predicted molar refractivity (Wildman–Crippen MR) is 119 cm³/mol. The van der Waals surface area contributed by atoms with Crippen molar-refractivity contribution in [3.63, 3.8) is 0 Å². The minimum absolute atomic E-state index is 0.113. The summed E-state index contributed by atoms with van der Waals surface area (Å²) in [5, 5.41) is 6.11. The number of hydrogen-bond donors (Lipinski definition) is 0. The topological polar surface area (TPSA) is 43.7 Å². The van der Waals surface area contributed by atoms with E-state index in [-0.39, 0.29) is 6.10 Å². The number of ether oxygens (including phenoxy) is 1. The molecular formula is C25H19ClN2O2. The van der Waals surface area contributed by atoms with Gasteiger partial charge in [0.25, 0.3) is 0 Å². The van der Waals surface area contributed by atoms with Gasteiger partial charge in [-0.2, -0.15) is 0 Å². The van der Waals surface area contributed by atoms with E-state index in [2.05, 4.69) is 23.4 Å². The second-order valence-electron chi connectivity index (χ2n) is 7.29. The standard InChI is InChI=1S/C25H19ClN2O2/c1-16-13-19(11-12-21(16)26)29-25-20(14-18-9-5-6-10-22(18)27-25)23-15-24(30-28-23)17-7-3-2-4-8-17/h2-14,24H,15H2,1H3. The number of aromatic nitrogens is 1. The fraction of sp³-hybridized carbons (Fsp3) is 0.120. The van der Waals surface area contributed by atoms with E-state index in [1.165, 1.54) is 0 Å². The second-order valence-corrected chi connectivity index (χ2v) is 7.70. The van der Waals surface area contributed by atoms with E-state index in [4.69, 9.17) is 26.2 Å². The Hall–Kier alpha value is -3.37. The van der Waals surface area contributed by atoms with Gasteiger partial charge in [0.15, 0.2) is 6.10 Å². The molecule has 4 aromatic rings. The Balaban J connectivity index is 1.53. The molecule has 1 aromatic heterocycles. The molecule has 0 saturated heterocycles. The van der Waals surface area contributed by atoms with Gasteiger partial charge in [-0.15, -0.1) is 0 Å². The average molecular weight is 415 g/mol. The van der Waals surface area contributed by atoms with Gasteiger partial charge in [-0.1, -0.05) is 65.3 Å². The van der Waals surface area contributed by atoms with E-state index < -0.39 is 0 Å². The van der Waals surface area contributed by atoms with Crippen LogP contribution in [0.15, 0.2) is 84.0 Å². The number of rotatable bonds is 4. The van der Waals surface area contributed by atoms with Crippen molar-refractivity contribution < 1.29 is 9.57 Å². The van der Waals surface area contributed by atoms with Crippen LogP contribution in [-0.4, -0.2) is 10.7 Å². The van der Waals surface area contributed by atoms with Gasteiger partial charge in [-0.25, -0.2) is 4.98 Å². The van der Waals surface area contributed by atoms with E-state index >= 15 is 0 Å². The third-order valence-corrected chi connectivity index (χ3v) is 5.61. The number of fused-ring (bicyclic) bond motifs is 1. The van der Waals surface area contributed by atoms with Crippen LogP contribution < -0.4 is 4.74 Å². The maximum absolute atomic E-state index is 6.20. The fourth-order valence-corrected chi connectivity index (χ4v) is 3.68. The maximum atomic E-state index is 6.20. The number of oxime groups is 1. The van der Waals surface area contributed by atoms with Crippen molar-refractivity contribution in [1.82, 2.24) is 4.98 Å². The number of halogens is 1. The SMILES string of the molecule is Cc1cc(Oc2nc3ccccc3cc2C2=NOC(c3ccccc3)C2)ccc1Cl. The van der Waals surface area contributed by atoms with Gasteiger partial charge in [0.05, 0.1) is 16.8 Å². The van der Waals surface area contributed by atoms with Gasteiger partial charge >= 0.3 is 0 Å². The van der Waals surface area contributed by atoms with Crippen LogP contribution in [0.5, 0.6) is 11.6 Å². The maximum Gasteiger partial charge on any atom is 0.229 e. The Morgan fingerprint density at radius 3 is 2.60 bits per heavy atom. The highest BCUT2D eigenvalue weighted by Gasteiger charge is 2.27. The van der Waals surface area contributed by atoms with Crippen molar-refractivity contribution in [1.29, 1.82) is 0 Å². The van der Waals surface area contributed by atoms with E-state index in [9.17, 15) is 0 Å². The average Bonchev–Trinajstić information content (AvgIpc) is 3.27. The Labute approximate surface area is 179 Å². The Bertz CT molecular complexity index is 1250. The van der Waals surface area contributed by atoms with Gasteiger partial charge in [0, 0.05) is 16.8 Å². The van der Waals surface area contributed by atoms with E-state index in [0.717, 1.165) is 33.3 Å². The monoisotopic (exact) mass is 414 g/mol. The predicted octanol–water partition coefficient (Wildman–Crippen LogP) is 6.85. The van der Waals surface area contributed by atoms with Gasteiger partial charge in [0.2, 0.25) is 5.88 Å². The first kappa shape index (κ1) is 18.6. The summed E-state index contributed by atoms with van der Waals surface area (Å²) >= 11 is 6.16. The van der Waals surface area contributed by atoms with Crippen LogP contribution in [0.1, 0.15) is 29.2 Å². The van der Waals surface area contributed by atoms with Gasteiger partial charge < -0.3 is 9.57 Å². The lowest BCUT2D eigenvalue weighted by atomic mass is 10.00. The molecule has 4 nitrogen and oxygen atoms in total. The van der Waals surface area contributed by atoms with Gasteiger partial charge in [-0.3, -0.25) is 0 Å². The molecule has 1 atom stereocenters. The number of aryl methyl sites for hydroxylation is 1. The highest BCUT2D eigenvalue weighted by atomic mass is 35.5. The van der Waals surface area contributed by atoms with E-state index in [0.29, 0.717) is 23.1 Å². The summed E-state index contributed by atoms with van der Waals surface area (Å²) in [7, 11) is 0. The Morgan fingerprint density at radius 2 is 1.77 bits per heavy atom. The molecular weight excluding hydrogens is 396 g/mol. The molecule has 1 aliphatic heterocycles. The third-order valence-electron chi connectivity index (χ3n) is 5.18. The molecule has 3 aromatic carbocycles. The normalized spacial score (nSPS) is 15.7. The first-order valence-corrected chi connectivity index (χ1v) is 10.2. The largest absolute Gasteiger partial charge is 0.438 e. The first-order chi connectivity index (χ1) is 14.7. The van der Waals surface area contributed by atoms with Crippen LogP contribution in [0, 0.1) is 6.92 Å². The molecule has 0 aliphatic carbocycles. The van der Waals surface area contributed by atoms with Crippen molar-refractivity contribution in [3.8, 4) is 11.6 Å². The first-order valence-electron chi connectivity index (χ1n) is 9.79. The number of nitrogens with zero attached hydrogens (tertiary/aromatic N) is 2. The third kappa shape index (κ3) is 3.62. The van der Waals surface area contributed by atoms with Gasteiger partial charge in [-0.05, 0) is 48.4 Å². The van der Waals surface area contributed by atoms with Crippen LogP contribution in [0.3, 0.4) is 0 Å². The van der Waals surface area contributed by atoms with Crippen LogP contribution in [0.4, 0.5) is 0 Å². The summed E-state index contributed by atoms with van der Waals surface area (Å²) in [6, 6.07) is 25.7. The lowest BCUT2D eigenvalue weighted by molar-refractivity contribution is 0.0857. The summed E-state index contributed by atoms with van der Waals surface area (Å²) in [5.74, 6) is 1.19. The van der Waals surface area contributed by atoms with Gasteiger partial charge in [0.1, 0.15) is 5.75 Å². The number of para-hydroxylation sites is 1. The zero-order valence-electron chi connectivity index (χ0n) is 16.4. The molecule has 1 unspecified atom stereocenters. The molecule has 0 fully saturated rings. The molecule has 0 spiro atoms. The minimum atomic E-state index is -0.113. The lowest BCUT2D eigenvalue weighted by Gasteiger charge is -2.12. The summed E-state index contributed by atoms with van der Waals surface area (Å²) in [6.45, 7) is 1.95. The number of pyridine rings is 1. The minimum Gasteiger partial charge on any atom is -0.438 e. The molecule has 0 amide bonds. The molecule has 0 saturated carbocycles. The second kappa shape index (κ2) is 7.81. The highest BCUT2D eigenvalue weighted by molar-refractivity contribution is 6.31. The molecule has 30 heavy (non-hydrogen) atoms.